The van der Waals surface area contributed by atoms with Crippen LogP contribution in [0.1, 0.15) is 41.8 Å². The van der Waals surface area contributed by atoms with Crippen LogP contribution in [0.3, 0.4) is 0 Å². The number of hydrogen-bond donors (Lipinski definition) is 2. The maximum absolute atomic E-state index is 13.7. The molecular formula is C17H19FN2O3S. The van der Waals surface area contributed by atoms with Crippen LogP contribution in [0.15, 0.2) is 30.5 Å². The zero-order chi connectivity index (χ0) is 17.4. The SMILES string of the molecule is O=C(O)CCCCCCNC(=O)c1cnc(-c2ccccc2F)s1. The van der Waals surface area contributed by atoms with Crippen molar-refractivity contribution in [1.29, 1.82) is 0 Å². The first-order valence-electron chi connectivity index (χ1n) is 7.78. The highest BCUT2D eigenvalue weighted by atomic mass is 32.1. The third-order valence-corrected chi connectivity index (χ3v) is 4.47. The number of carbonyl (C=O) groups excluding carboxylic acids is 1. The Labute approximate surface area is 143 Å². The molecule has 0 radical (unpaired) electrons. The van der Waals surface area contributed by atoms with E-state index in [1.807, 2.05) is 0 Å². The van der Waals surface area contributed by atoms with Gasteiger partial charge in [-0.15, -0.1) is 11.3 Å². The van der Waals surface area contributed by atoms with Gasteiger partial charge in [0.1, 0.15) is 15.7 Å². The van der Waals surface area contributed by atoms with E-state index in [0.29, 0.717) is 28.4 Å². The first kappa shape index (κ1) is 18.1. The van der Waals surface area contributed by atoms with E-state index in [2.05, 4.69) is 10.3 Å². The zero-order valence-corrected chi connectivity index (χ0v) is 13.9. The quantitative estimate of drug-likeness (QED) is 0.676. The first-order valence-corrected chi connectivity index (χ1v) is 8.60. The largest absolute Gasteiger partial charge is 0.481 e. The van der Waals surface area contributed by atoms with E-state index >= 15 is 0 Å². The minimum absolute atomic E-state index is 0.187. The molecule has 0 aliphatic heterocycles. The van der Waals surface area contributed by atoms with Gasteiger partial charge in [0, 0.05) is 18.5 Å². The summed E-state index contributed by atoms with van der Waals surface area (Å²) in [5.74, 6) is -1.36. The van der Waals surface area contributed by atoms with E-state index in [9.17, 15) is 14.0 Å². The van der Waals surface area contributed by atoms with E-state index in [4.69, 9.17) is 5.11 Å². The first-order chi connectivity index (χ1) is 11.6. The molecule has 0 unspecified atom stereocenters. The van der Waals surface area contributed by atoms with Crippen molar-refractivity contribution in [2.45, 2.75) is 32.1 Å². The maximum atomic E-state index is 13.7. The van der Waals surface area contributed by atoms with Crippen molar-refractivity contribution in [3.05, 3.63) is 41.2 Å². The summed E-state index contributed by atoms with van der Waals surface area (Å²) in [6, 6.07) is 6.33. The van der Waals surface area contributed by atoms with Crippen LogP contribution >= 0.6 is 11.3 Å². The number of aliphatic carboxylic acids is 1. The molecule has 24 heavy (non-hydrogen) atoms. The van der Waals surface area contributed by atoms with E-state index in [-0.39, 0.29) is 18.1 Å². The fourth-order valence-electron chi connectivity index (χ4n) is 2.18. The molecule has 0 saturated heterocycles. The Hall–Kier alpha value is -2.28. The number of carboxylic acids is 1. The van der Waals surface area contributed by atoms with Crippen LogP contribution in [0, 0.1) is 5.82 Å². The van der Waals surface area contributed by atoms with E-state index in [1.54, 1.807) is 18.2 Å². The predicted molar refractivity (Wildman–Crippen MR) is 90.6 cm³/mol. The highest BCUT2D eigenvalue weighted by molar-refractivity contribution is 7.16. The second-order valence-electron chi connectivity index (χ2n) is 5.32. The molecule has 2 aromatic rings. The number of carbonyl (C=O) groups is 2. The van der Waals surface area contributed by atoms with Gasteiger partial charge in [0.25, 0.3) is 5.91 Å². The van der Waals surface area contributed by atoms with Crippen molar-refractivity contribution in [2.75, 3.05) is 6.54 Å². The van der Waals surface area contributed by atoms with Crippen LogP contribution in [-0.4, -0.2) is 28.5 Å². The number of thiazole rings is 1. The normalized spacial score (nSPS) is 10.5. The van der Waals surface area contributed by atoms with Crippen molar-refractivity contribution in [2.24, 2.45) is 0 Å². The number of nitrogens with zero attached hydrogens (tertiary/aromatic N) is 1. The van der Waals surface area contributed by atoms with Crippen LogP contribution in [0.4, 0.5) is 4.39 Å². The van der Waals surface area contributed by atoms with Crippen LogP contribution < -0.4 is 5.32 Å². The lowest BCUT2D eigenvalue weighted by molar-refractivity contribution is -0.137. The molecule has 0 aliphatic carbocycles. The smallest absolute Gasteiger partial charge is 0.303 e. The Kier molecular flexibility index (Phi) is 6.87. The second kappa shape index (κ2) is 9.12. The Morgan fingerprint density at radius 2 is 1.92 bits per heavy atom. The molecule has 0 aliphatic rings. The summed E-state index contributed by atoms with van der Waals surface area (Å²) in [4.78, 5) is 27.0. The molecule has 0 saturated carbocycles. The summed E-state index contributed by atoms with van der Waals surface area (Å²) in [7, 11) is 0. The van der Waals surface area contributed by atoms with E-state index in [0.717, 1.165) is 30.6 Å². The lowest BCUT2D eigenvalue weighted by Gasteiger charge is -2.03. The fraction of sp³-hybridized carbons (Fsp3) is 0.353. The van der Waals surface area contributed by atoms with Crippen LogP contribution in [-0.2, 0) is 4.79 Å². The van der Waals surface area contributed by atoms with Gasteiger partial charge in [0.05, 0.1) is 6.20 Å². The second-order valence-corrected chi connectivity index (χ2v) is 6.35. The van der Waals surface area contributed by atoms with Gasteiger partial charge in [0.15, 0.2) is 0 Å². The third-order valence-electron chi connectivity index (χ3n) is 3.44. The van der Waals surface area contributed by atoms with Gasteiger partial charge in [-0.1, -0.05) is 25.0 Å². The molecule has 1 amide bonds. The molecule has 1 aromatic carbocycles. The molecule has 2 N–H and O–H groups in total. The average Bonchev–Trinajstić information content (AvgIpc) is 3.03. The number of aromatic nitrogens is 1. The van der Waals surface area contributed by atoms with Gasteiger partial charge >= 0.3 is 5.97 Å². The van der Waals surface area contributed by atoms with Crippen LogP contribution in [0.2, 0.25) is 0 Å². The molecule has 0 fully saturated rings. The maximum Gasteiger partial charge on any atom is 0.303 e. The molecule has 0 bridgehead atoms. The lowest BCUT2D eigenvalue weighted by Crippen LogP contribution is -2.23. The molecule has 5 nitrogen and oxygen atoms in total. The van der Waals surface area contributed by atoms with E-state index in [1.165, 1.54) is 12.3 Å². The zero-order valence-electron chi connectivity index (χ0n) is 13.1. The van der Waals surface area contributed by atoms with Gasteiger partial charge < -0.3 is 10.4 Å². The summed E-state index contributed by atoms with van der Waals surface area (Å²) in [5.41, 5.74) is 0.389. The van der Waals surface area contributed by atoms with Gasteiger partial charge in [-0.05, 0) is 25.0 Å². The monoisotopic (exact) mass is 350 g/mol. The summed E-state index contributed by atoms with van der Waals surface area (Å²) in [5, 5.41) is 11.8. The minimum atomic E-state index is -0.779. The molecule has 1 aromatic heterocycles. The number of hydrogen-bond acceptors (Lipinski definition) is 4. The van der Waals surface area contributed by atoms with Crippen LogP contribution in [0.5, 0.6) is 0 Å². The summed E-state index contributed by atoms with van der Waals surface area (Å²) in [6.07, 6.45) is 4.80. The number of halogens is 1. The van der Waals surface area contributed by atoms with Crippen molar-refractivity contribution in [3.63, 3.8) is 0 Å². The van der Waals surface area contributed by atoms with Gasteiger partial charge in [0.2, 0.25) is 0 Å². The molecular weight excluding hydrogens is 331 g/mol. The number of benzene rings is 1. The summed E-state index contributed by atoms with van der Waals surface area (Å²) >= 11 is 1.15. The predicted octanol–water partition coefficient (Wildman–Crippen LogP) is 3.71. The molecule has 0 spiro atoms. The van der Waals surface area contributed by atoms with Crippen LogP contribution in [0.25, 0.3) is 10.6 Å². The molecule has 0 atom stereocenters. The molecule has 1 heterocycles. The van der Waals surface area contributed by atoms with Crippen molar-refractivity contribution in [3.8, 4) is 10.6 Å². The topological polar surface area (TPSA) is 79.3 Å². The Morgan fingerprint density at radius 1 is 1.17 bits per heavy atom. The molecule has 2 rings (SSSR count). The van der Waals surface area contributed by atoms with Gasteiger partial charge in [-0.2, -0.15) is 0 Å². The highest BCUT2D eigenvalue weighted by Crippen LogP contribution is 2.27. The van der Waals surface area contributed by atoms with Gasteiger partial charge in [-0.3, -0.25) is 9.59 Å². The standard InChI is InChI=1S/C17H19FN2O3S/c18-13-8-5-4-7-12(13)17-20-11-14(24-17)16(23)19-10-6-2-1-3-9-15(21)22/h4-5,7-8,11H,1-3,6,9-10H2,(H,19,23)(H,21,22). The number of nitrogens with one attached hydrogen (secondary N) is 1. The van der Waals surface area contributed by atoms with E-state index < -0.39 is 5.97 Å². The number of unbranched alkanes of at least 4 members (excludes halogenated alkanes) is 3. The fourth-order valence-corrected chi connectivity index (χ4v) is 3.04. The Bertz CT molecular complexity index is 703. The molecule has 7 heteroatoms. The summed E-state index contributed by atoms with van der Waals surface area (Å²) in [6.45, 7) is 0.527. The lowest BCUT2D eigenvalue weighted by atomic mass is 10.1. The van der Waals surface area contributed by atoms with Crippen molar-refractivity contribution in [1.82, 2.24) is 10.3 Å². The highest BCUT2D eigenvalue weighted by Gasteiger charge is 2.13. The summed E-state index contributed by atoms with van der Waals surface area (Å²) < 4.78 is 13.7. The Balaban J connectivity index is 1.76. The van der Waals surface area contributed by atoms with Gasteiger partial charge in [-0.25, -0.2) is 9.37 Å². The minimum Gasteiger partial charge on any atom is -0.481 e. The van der Waals surface area contributed by atoms with Crippen molar-refractivity contribution < 1.29 is 19.1 Å². The Morgan fingerprint density at radius 3 is 2.67 bits per heavy atom. The number of carboxylic acid groups (broad SMARTS) is 1. The number of amides is 1. The van der Waals surface area contributed by atoms with Crippen molar-refractivity contribution >= 4 is 23.2 Å². The third kappa shape index (κ3) is 5.42. The average molecular weight is 350 g/mol. The molecule has 128 valence electrons. The number of rotatable bonds is 9.